The molecule has 0 N–H and O–H groups in total. The van der Waals surface area contributed by atoms with Crippen LogP contribution in [0.4, 0.5) is 0 Å². The molecule has 34 heavy (non-hydrogen) atoms. The van der Waals surface area contributed by atoms with Gasteiger partial charge in [-0.25, -0.2) is 0 Å². The first-order valence-electron chi connectivity index (χ1n) is 10.7. The van der Waals surface area contributed by atoms with E-state index in [-0.39, 0.29) is 17.0 Å². The maximum Gasteiger partial charge on any atom is 0.269 e. The minimum atomic E-state index is -0.316. The minimum Gasteiger partial charge on any atom is -0.497 e. The van der Waals surface area contributed by atoms with Crippen molar-refractivity contribution in [1.29, 1.82) is 5.26 Å². The third-order valence-corrected chi connectivity index (χ3v) is 6.71. The van der Waals surface area contributed by atoms with Gasteiger partial charge in [0.15, 0.2) is 0 Å². The molecule has 0 aliphatic rings. The van der Waals surface area contributed by atoms with Crippen molar-refractivity contribution in [2.24, 2.45) is 0 Å². The van der Waals surface area contributed by atoms with Crippen LogP contribution >= 0.6 is 23.2 Å². The summed E-state index contributed by atoms with van der Waals surface area (Å²) >= 11 is 12.3. The maximum absolute atomic E-state index is 13.5. The molecule has 4 rings (SSSR count). The van der Waals surface area contributed by atoms with Crippen molar-refractivity contribution in [2.45, 2.75) is 18.9 Å². The molecule has 0 aliphatic carbocycles. The van der Waals surface area contributed by atoms with Crippen LogP contribution in [-0.4, -0.2) is 11.7 Å². The third kappa shape index (κ3) is 4.59. The zero-order chi connectivity index (χ0) is 24.2. The molecule has 0 spiro atoms. The molecule has 170 valence electrons. The number of para-hydroxylation sites is 1. The lowest BCUT2D eigenvalue weighted by Gasteiger charge is -2.19. The van der Waals surface area contributed by atoms with E-state index in [1.807, 2.05) is 54.6 Å². The zero-order valence-corrected chi connectivity index (χ0v) is 20.1. The number of rotatable bonds is 7. The van der Waals surface area contributed by atoms with Crippen LogP contribution in [0.2, 0.25) is 10.0 Å². The van der Waals surface area contributed by atoms with Crippen molar-refractivity contribution >= 4 is 34.1 Å². The largest absolute Gasteiger partial charge is 0.497 e. The lowest BCUT2D eigenvalue weighted by Crippen LogP contribution is -2.26. The summed E-state index contributed by atoms with van der Waals surface area (Å²) in [4.78, 5) is 13.5. The molecule has 0 saturated carbocycles. The molecule has 0 bridgehead atoms. The van der Waals surface area contributed by atoms with Crippen molar-refractivity contribution in [3.63, 3.8) is 0 Å². The maximum atomic E-state index is 13.5. The number of methoxy groups -OCH3 is 1. The summed E-state index contributed by atoms with van der Waals surface area (Å²) in [6, 6.07) is 22.8. The molecule has 1 heterocycles. The summed E-state index contributed by atoms with van der Waals surface area (Å²) in [5, 5.41) is 11.8. The number of nitriles is 1. The molecule has 0 saturated heterocycles. The first-order chi connectivity index (χ1) is 16.5. The Kier molecular flexibility index (Phi) is 7.07. The first-order valence-corrected chi connectivity index (χ1v) is 11.5. The Morgan fingerprint density at radius 3 is 2.47 bits per heavy atom. The summed E-state index contributed by atoms with van der Waals surface area (Å²) in [7, 11) is 1.61. The van der Waals surface area contributed by atoms with Gasteiger partial charge in [-0.2, -0.15) is 5.26 Å². The quantitative estimate of drug-likeness (QED) is 0.270. The summed E-state index contributed by atoms with van der Waals surface area (Å²) in [5.74, 6) is 0.592. The normalized spacial score (nSPS) is 11.7. The minimum absolute atomic E-state index is 0.138. The second kappa shape index (κ2) is 10.2. The van der Waals surface area contributed by atoms with Crippen LogP contribution in [0, 0.1) is 11.3 Å². The predicted molar refractivity (Wildman–Crippen MR) is 138 cm³/mol. The van der Waals surface area contributed by atoms with E-state index in [9.17, 15) is 10.1 Å². The fourth-order valence-corrected chi connectivity index (χ4v) is 4.48. The fourth-order valence-electron chi connectivity index (χ4n) is 4.17. The van der Waals surface area contributed by atoms with Gasteiger partial charge < -0.3 is 9.30 Å². The van der Waals surface area contributed by atoms with Crippen LogP contribution in [0.15, 0.2) is 84.2 Å². The molecule has 0 aliphatic heterocycles. The van der Waals surface area contributed by atoms with Gasteiger partial charge in [0.2, 0.25) is 0 Å². The van der Waals surface area contributed by atoms with E-state index in [1.165, 1.54) is 0 Å². The van der Waals surface area contributed by atoms with Gasteiger partial charge in [0.25, 0.3) is 5.56 Å². The second-order valence-electron chi connectivity index (χ2n) is 7.94. The van der Waals surface area contributed by atoms with Crippen LogP contribution in [0.3, 0.4) is 0 Å². The number of hydrogen-bond acceptors (Lipinski definition) is 3. The summed E-state index contributed by atoms with van der Waals surface area (Å²) in [6.07, 6.45) is 2.24. The van der Waals surface area contributed by atoms with E-state index in [0.29, 0.717) is 28.6 Å². The van der Waals surface area contributed by atoms with Crippen molar-refractivity contribution < 1.29 is 4.74 Å². The monoisotopic (exact) mass is 488 g/mol. The molecular formula is C28H22Cl2N2O2. The smallest absolute Gasteiger partial charge is 0.269 e. The highest BCUT2D eigenvalue weighted by atomic mass is 35.5. The summed E-state index contributed by atoms with van der Waals surface area (Å²) < 4.78 is 6.88. The molecule has 1 aromatic heterocycles. The first kappa shape index (κ1) is 23.6. The Balaban J connectivity index is 1.84. The Labute approximate surface area is 208 Å². The van der Waals surface area contributed by atoms with Gasteiger partial charge in [-0.3, -0.25) is 4.79 Å². The molecule has 4 aromatic rings. The number of allylic oxidation sites excluding steroid dienone is 1. The highest BCUT2D eigenvalue weighted by molar-refractivity contribution is 6.42. The summed E-state index contributed by atoms with van der Waals surface area (Å²) in [5.41, 5.74) is 3.15. The van der Waals surface area contributed by atoms with Crippen LogP contribution in [0.25, 0.3) is 10.9 Å². The number of benzene rings is 3. The van der Waals surface area contributed by atoms with Gasteiger partial charge in [-0.1, -0.05) is 65.7 Å². The van der Waals surface area contributed by atoms with Crippen molar-refractivity contribution in [3.05, 3.63) is 122 Å². The average molecular weight is 489 g/mol. The van der Waals surface area contributed by atoms with Crippen LogP contribution in [0.1, 0.15) is 28.2 Å². The van der Waals surface area contributed by atoms with Crippen LogP contribution < -0.4 is 10.3 Å². The Bertz CT molecular complexity index is 1470. The topological polar surface area (TPSA) is 55.0 Å². The average Bonchev–Trinajstić information content (AvgIpc) is 2.86. The van der Waals surface area contributed by atoms with E-state index >= 15 is 0 Å². The molecule has 0 unspecified atom stereocenters. The van der Waals surface area contributed by atoms with Gasteiger partial charge in [0, 0.05) is 11.3 Å². The van der Waals surface area contributed by atoms with Crippen molar-refractivity contribution in [2.75, 3.05) is 7.11 Å². The van der Waals surface area contributed by atoms with Gasteiger partial charge in [0.05, 0.1) is 29.2 Å². The number of fused-ring (bicyclic) bond motifs is 1. The molecule has 0 amide bonds. The molecule has 1 atom stereocenters. The number of nitrogens with zero attached hydrogens (tertiary/aromatic N) is 2. The van der Waals surface area contributed by atoms with E-state index in [0.717, 1.165) is 27.8 Å². The third-order valence-electron chi connectivity index (χ3n) is 5.97. The molecule has 3 aromatic carbocycles. The van der Waals surface area contributed by atoms with Gasteiger partial charge in [-0.05, 0) is 53.4 Å². The standard InChI is InChI=1S/C28H22Cl2N2O2/c1-3-19(20-10-13-25(29)26(30)15-20)14-23-22-6-4-5-7-27(22)32(28(33)24(23)16-31)17-18-8-11-21(34-2)12-9-18/h3-13,15,19H,1,14,17H2,2H3/t19-/m1/s1. The van der Waals surface area contributed by atoms with E-state index < -0.39 is 0 Å². The zero-order valence-electron chi connectivity index (χ0n) is 18.6. The number of pyridine rings is 1. The predicted octanol–water partition coefficient (Wildman–Crippen LogP) is 6.75. The van der Waals surface area contributed by atoms with E-state index in [2.05, 4.69) is 12.6 Å². The van der Waals surface area contributed by atoms with Crippen molar-refractivity contribution in [3.8, 4) is 11.8 Å². The van der Waals surface area contributed by atoms with Crippen LogP contribution in [0.5, 0.6) is 5.75 Å². The van der Waals surface area contributed by atoms with E-state index in [4.69, 9.17) is 27.9 Å². The highest BCUT2D eigenvalue weighted by Gasteiger charge is 2.20. The Morgan fingerprint density at radius 1 is 1.09 bits per heavy atom. The van der Waals surface area contributed by atoms with Gasteiger partial charge in [0.1, 0.15) is 17.4 Å². The molecular weight excluding hydrogens is 467 g/mol. The Morgan fingerprint density at radius 2 is 1.82 bits per heavy atom. The molecule has 4 nitrogen and oxygen atoms in total. The van der Waals surface area contributed by atoms with Gasteiger partial charge >= 0.3 is 0 Å². The summed E-state index contributed by atoms with van der Waals surface area (Å²) in [6.45, 7) is 4.32. The molecule has 0 radical (unpaired) electrons. The number of aromatic nitrogens is 1. The SMILES string of the molecule is C=C[C@H](Cc1c(C#N)c(=O)n(Cc2ccc(OC)cc2)c2ccccc12)c1ccc(Cl)c(Cl)c1. The van der Waals surface area contributed by atoms with E-state index in [1.54, 1.807) is 29.9 Å². The number of hydrogen-bond donors (Lipinski definition) is 0. The van der Waals surface area contributed by atoms with Gasteiger partial charge in [-0.15, -0.1) is 6.58 Å². The second-order valence-corrected chi connectivity index (χ2v) is 8.76. The number of halogens is 2. The Hall–Kier alpha value is -3.52. The number of ether oxygens (including phenoxy) is 1. The highest BCUT2D eigenvalue weighted by Crippen LogP contribution is 2.31. The fraction of sp³-hybridized carbons (Fsp3) is 0.143. The molecule has 6 heteroatoms. The molecule has 0 fully saturated rings. The lowest BCUT2D eigenvalue weighted by atomic mass is 9.88. The van der Waals surface area contributed by atoms with Crippen LogP contribution in [-0.2, 0) is 13.0 Å². The van der Waals surface area contributed by atoms with Crippen molar-refractivity contribution in [1.82, 2.24) is 4.57 Å². The lowest BCUT2D eigenvalue weighted by molar-refractivity contribution is 0.414.